The molecule has 6 heteroatoms. The number of nitrogens with zero attached hydrogens (tertiary/aromatic N) is 2. The fraction of sp³-hybridized carbons (Fsp3) is 0.429. The standard InChI is InChI=1S/C21H22N2O3S/c24-20(16-3-4-17-10-25-11-18(17)6-16)23-13-21(14-23)7-19(12-27-21)26-9-15-2-1-5-22-8-15/h1-6,8,19H,7,9-14H2/t19-/m0/s1. The minimum atomic E-state index is 0.135. The number of aromatic nitrogens is 1. The second-order valence-corrected chi connectivity index (χ2v) is 9.12. The first kappa shape index (κ1) is 17.2. The van der Waals surface area contributed by atoms with Crippen LogP contribution in [0.2, 0.25) is 0 Å². The summed E-state index contributed by atoms with van der Waals surface area (Å²) in [6.45, 7) is 3.52. The van der Waals surface area contributed by atoms with E-state index in [-0.39, 0.29) is 16.8 Å². The Bertz CT molecular complexity index is 852. The van der Waals surface area contributed by atoms with Gasteiger partial charge in [-0.25, -0.2) is 0 Å². The Labute approximate surface area is 163 Å². The fourth-order valence-electron chi connectivity index (χ4n) is 4.11. The number of hydrogen-bond donors (Lipinski definition) is 0. The van der Waals surface area contributed by atoms with Crippen molar-refractivity contribution in [2.75, 3.05) is 18.8 Å². The lowest BCUT2D eigenvalue weighted by molar-refractivity contribution is 0.0254. The molecule has 3 aliphatic rings. The number of ether oxygens (including phenoxy) is 2. The van der Waals surface area contributed by atoms with E-state index in [4.69, 9.17) is 9.47 Å². The number of carbonyl (C=O) groups excluding carboxylic acids is 1. The van der Waals surface area contributed by atoms with Crippen molar-refractivity contribution in [1.82, 2.24) is 9.88 Å². The molecule has 2 aromatic rings. The maximum Gasteiger partial charge on any atom is 0.253 e. The zero-order valence-corrected chi connectivity index (χ0v) is 15.9. The Morgan fingerprint density at radius 2 is 2.19 bits per heavy atom. The molecule has 2 fully saturated rings. The van der Waals surface area contributed by atoms with Gasteiger partial charge in [0.15, 0.2) is 0 Å². The van der Waals surface area contributed by atoms with E-state index in [1.54, 1.807) is 6.20 Å². The predicted octanol–water partition coefficient (Wildman–Crippen LogP) is 3.03. The van der Waals surface area contributed by atoms with Crippen molar-refractivity contribution in [2.45, 2.75) is 37.1 Å². The van der Waals surface area contributed by atoms with E-state index in [1.165, 1.54) is 5.56 Å². The molecule has 0 saturated carbocycles. The van der Waals surface area contributed by atoms with Crippen LogP contribution in [0.4, 0.5) is 0 Å². The number of thioether (sulfide) groups is 1. The summed E-state index contributed by atoms with van der Waals surface area (Å²) in [5.41, 5.74) is 4.23. The normalized spacial score (nSPS) is 22.7. The lowest BCUT2D eigenvalue weighted by Gasteiger charge is -2.47. The van der Waals surface area contributed by atoms with Gasteiger partial charge in [0.2, 0.25) is 0 Å². The first-order valence-electron chi connectivity index (χ1n) is 9.34. The lowest BCUT2D eigenvalue weighted by Crippen LogP contribution is -2.60. The Hall–Kier alpha value is -1.89. The summed E-state index contributed by atoms with van der Waals surface area (Å²) >= 11 is 1.96. The molecule has 1 spiro atoms. The van der Waals surface area contributed by atoms with E-state index in [1.807, 2.05) is 53.2 Å². The molecule has 1 aromatic heterocycles. The van der Waals surface area contributed by atoms with Crippen LogP contribution in [0.25, 0.3) is 0 Å². The molecule has 1 atom stereocenters. The topological polar surface area (TPSA) is 51.7 Å². The number of carbonyl (C=O) groups is 1. The highest BCUT2D eigenvalue weighted by Crippen LogP contribution is 2.46. The van der Waals surface area contributed by atoms with Gasteiger partial charge in [0, 0.05) is 36.8 Å². The van der Waals surface area contributed by atoms with Crippen LogP contribution >= 0.6 is 11.8 Å². The van der Waals surface area contributed by atoms with Crippen molar-refractivity contribution in [1.29, 1.82) is 0 Å². The van der Waals surface area contributed by atoms with E-state index in [2.05, 4.69) is 4.98 Å². The third-order valence-electron chi connectivity index (χ3n) is 5.60. The minimum absolute atomic E-state index is 0.135. The molecular formula is C21H22N2O3S. The maximum absolute atomic E-state index is 12.8. The SMILES string of the molecule is O=C(c1ccc2c(c1)COC2)N1CC2(C[C@H](OCc3cccnc3)CS2)C1. The molecule has 0 unspecified atom stereocenters. The van der Waals surface area contributed by atoms with Gasteiger partial charge in [-0.2, -0.15) is 0 Å². The Morgan fingerprint density at radius 3 is 3.04 bits per heavy atom. The zero-order valence-electron chi connectivity index (χ0n) is 15.1. The summed E-state index contributed by atoms with van der Waals surface area (Å²) < 4.78 is 11.7. The molecule has 0 radical (unpaired) electrons. The highest BCUT2D eigenvalue weighted by atomic mass is 32.2. The molecule has 1 amide bonds. The summed E-state index contributed by atoms with van der Waals surface area (Å²) in [5.74, 6) is 1.13. The first-order valence-corrected chi connectivity index (χ1v) is 10.3. The van der Waals surface area contributed by atoms with Crippen LogP contribution in [0.5, 0.6) is 0 Å². The number of pyridine rings is 1. The molecule has 0 bridgehead atoms. The molecule has 5 rings (SSSR count). The van der Waals surface area contributed by atoms with E-state index in [9.17, 15) is 4.79 Å². The quantitative estimate of drug-likeness (QED) is 0.814. The van der Waals surface area contributed by atoms with Gasteiger partial charge in [-0.1, -0.05) is 12.1 Å². The average molecular weight is 382 g/mol. The summed E-state index contributed by atoms with van der Waals surface area (Å²) in [6, 6.07) is 9.93. The second-order valence-electron chi connectivity index (χ2n) is 7.63. The van der Waals surface area contributed by atoms with E-state index >= 15 is 0 Å². The van der Waals surface area contributed by atoms with Gasteiger partial charge in [-0.05, 0) is 41.3 Å². The van der Waals surface area contributed by atoms with Crippen molar-refractivity contribution in [3.8, 4) is 0 Å². The van der Waals surface area contributed by atoms with Crippen molar-refractivity contribution in [2.24, 2.45) is 0 Å². The smallest absolute Gasteiger partial charge is 0.253 e. The van der Waals surface area contributed by atoms with E-state index in [0.29, 0.717) is 19.8 Å². The van der Waals surface area contributed by atoms with Gasteiger partial charge in [0.1, 0.15) is 0 Å². The molecule has 140 valence electrons. The van der Waals surface area contributed by atoms with E-state index in [0.717, 1.165) is 42.0 Å². The Morgan fingerprint density at radius 1 is 1.30 bits per heavy atom. The number of rotatable bonds is 4. The van der Waals surface area contributed by atoms with Crippen molar-refractivity contribution >= 4 is 17.7 Å². The number of fused-ring (bicyclic) bond motifs is 1. The molecular weight excluding hydrogens is 360 g/mol. The van der Waals surface area contributed by atoms with Crippen molar-refractivity contribution < 1.29 is 14.3 Å². The average Bonchev–Trinajstić information content (AvgIpc) is 3.32. The van der Waals surface area contributed by atoms with Gasteiger partial charge in [0.25, 0.3) is 5.91 Å². The highest BCUT2D eigenvalue weighted by molar-refractivity contribution is 8.01. The molecule has 5 nitrogen and oxygen atoms in total. The van der Waals surface area contributed by atoms with Crippen molar-refractivity contribution in [3.05, 3.63) is 65.0 Å². The minimum Gasteiger partial charge on any atom is -0.373 e. The summed E-state index contributed by atoms with van der Waals surface area (Å²) in [6.07, 6.45) is 4.89. The van der Waals surface area contributed by atoms with Gasteiger partial charge in [0.05, 0.1) is 30.7 Å². The van der Waals surface area contributed by atoms with Crippen LogP contribution in [0.3, 0.4) is 0 Å². The Balaban J connectivity index is 1.15. The van der Waals surface area contributed by atoms with Crippen LogP contribution in [-0.2, 0) is 29.3 Å². The second kappa shape index (κ2) is 6.93. The summed E-state index contributed by atoms with van der Waals surface area (Å²) in [7, 11) is 0. The largest absolute Gasteiger partial charge is 0.373 e. The summed E-state index contributed by atoms with van der Waals surface area (Å²) in [4.78, 5) is 18.9. The fourth-order valence-corrected chi connectivity index (χ4v) is 5.66. The molecule has 2 saturated heterocycles. The third-order valence-corrected chi connectivity index (χ3v) is 7.17. The molecule has 4 heterocycles. The van der Waals surface area contributed by atoms with Gasteiger partial charge < -0.3 is 14.4 Å². The zero-order chi connectivity index (χ0) is 18.3. The predicted molar refractivity (Wildman–Crippen MR) is 103 cm³/mol. The van der Waals surface area contributed by atoms with Gasteiger partial charge in [-0.3, -0.25) is 9.78 Å². The highest BCUT2D eigenvalue weighted by Gasteiger charge is 2.51. The number of amides is 1. The summed E-state index contributed by atoms with van der Waals surface area (Å²) in [5, 5.41) is 0. The van der Waals surface area contributed by atoms with Crippen LogP contribution in [0, 0.1) is 0 Å². The van der Waals surface area contributed by atoms with Crippen LogP contribution in [0.15, 0.2) is 42.7 Å². The maximum atomic E-state index is 12.8. The molecule has 27 heavy (non-hydrogen) atoms. The molecule has 0 aliphatic carbocycles. The first-order chi connectivity index (χ1) is 13.2. The van der Waals surface area contributed by atoms with Gasteiger partial charge >= 0.3 is 0 Å². The number of likely N-dealkylation sites (tertiary alicyclic amines) is 1. The van der Waals surface area contributed by atoms with Crippen LogP contribution < -0.4 is 0 Å². The molecule has 0 N–H and O–H groups in total. The molecule has 3 aliphatic heterocycles. The Kier molecular flexibility index (Phi) is 4.42. The van der Waals surface area contributed by atoms with Crippen LogP contribution in [-0.4, -0.2) is 45.5 Å². The van der Waals surface area contributed by atoms with Crippen LogP contribution in [0.1, 0.15) is 33.5 Å². The van der Waals surface area contributed by atoms with Crippen molar-refractivity contribution in [3.63, 3.8) is 0 Å². The number of benzene rings is 1. The van der Waals surface area contributed by atoms with E-state index < -0.39 is 0 Å². The lowest BCUT2D eigenvalue weighted by atomic mass is 9.92. The monoisotopic (exact) mass is 382 g/mol. The third kappa shape index (κ3) is 3.37. The molecule has 1 aromatic carbocycles. The number of hydrogen-bond acceptors (Lipinski definition) is 5. The van der Waals surface area contributed by atoms with Gasteiger partial charge in [-0.15, -0.1) is 11.8 Å².